The lowest BCUT2D eigenvalue weighted by Crippen LogP contribution is -2.41. The van der Waals surface area contributed by atoms with Gasteiger partial charge in [-0.1, -0.05) is 29.8 Å². The monoisotopic (exact) mass is 427 g/mol. The van der Waals surface area contributed by atoms with E-state index in [1.54, 1.807) is 24.1 Å². The Morgan fingerprint density at radius 1 is 1.23 bits per heavy atom. The summed E-state index contributed by atoms with van der Waals surface area (Å²) in [6.45, 7) is 1.26. The number of fused-ring (bicyclic) bond motifs is 1. The van der Waals surface area contributed by atoms with E-state index in [1.165, 1.54) is 6.20 Å². The van der Waals surface area contributed by atoms with Crippen LogP contribution in [-0.2, 0) is 16.1 Å². The number of anilines is 1. The number of carbonyl (C=O) groups is 2. The predicted octanol–water partition coefficient (Wildman–Crippen LogP) is 4.12. The van der Waals surface area contributed by atoms with E-state index in [-0.39, 0.29) is 17.7 Å². The maximum atomic E-state index is 13.1. The van der Waals surface area contributed by atoms with Gasteiger partial charge < -0.3 is 19.4 Å². The molecule has 1 aliphatic heterocycles. The third-order valence-electron chi connectivity index (χ3n) is 5.31. The van der Waals surface area contributed by atoms with Gasteiger partial charge in [-0.2, -0.15) is 0 Å². The number of benzene rings is 1. The van der Waals surface area contributed by atoms with Gasteiger partial charge in [0, 0.05) is 43.3 Å². The largest absolute Gasteiger partial charge is 0.451 e. The van der Waals surface area contributed by atoms with Crippen LogP contribution in [0, 0.1) is 5.92 Å². The summed E-state index contributed by atoms with van der Waals surface area (Å²) in [4.78, 5) is 31.5. The van der Waals surface area contributed by atoms with Crippen LogP contribution in [0.3, 0.4) is 0 Å². The summed E-state index contributed by atoms with van der Waals surface area (Å²) in [6.07, 6.45) is 2.64. The summed E-state index contributed by atoms with van der Waals surface area (Å²) in [5.41, 5.74) is 1.42. The maximum absolute atomic E-state index is 13.1. The molecule has 1 saturated heterocycles. The molecule has 156 valence electrons. The highest BCUT2D eigenvalue weighted by atomic mass is 35.5. The maximum Gasteiger partial charge on any atom is 0.289 e. The molecule has 0 atom stereocenters. The number of rotatable bonds is 5. The molecule has 7 nitrogen and oxygen atoms in total. The van der Waals surface area contributed by atoms with Crippen molar-refractivity contribution in [2.45, 2.75) is 19.4 Å². The van der Waals surface area contributed by atoms with Gasteiger partial charge in [0.25, 0.3) is 5.91 Å². The van der Waals surface area contributed by atoms with E-state index in [9.17, 15) is 9.59 Å². The number of ether oxygens (including phenoxy) is 1. The van der Waals surface area contributed by atoms with Gasteiger partial charge in [0.05, 0.1) is 11.6 Å². The minimum Gasteiger partial charge on any atom is -0.451 e. The molecule has 0 unspecified atom stereocenters. The number of methoxy groups -OCH3 is 1. The minimum absolute atomic E-state index is 0.0965. The third-order valence-corrected chi connectivity index (χ3v) is 5.54. The SMILES string of the molecule is COCc1c(C(=O)N2CCC(C(=O)Nc3ccc(Cl)cn3)CC2)oc2ccccc12. The highest BCUT2D eigenvalue weighted by Gasteiger charge is 2.31. The number of hydrogen-bond donors (Lipinski definition) is 1. The first-order valence-corrected chi connectivity index (χ1v) is 10.2. The van der Waals surface area contributed by atoms with E-state index in [0.717, 1.165) is 10.9 Å². The minimum atomic E-state index is -0.180. The molecule has 1 aliphatic rings. The number of hydrogen-bond acceptors (Lipinski definition) is 5. The first kappa shape index (κ1) is 20.4. The molecule has 8 heteroatoms. The summed E-state index contributed by atoms with van der Waals surface area (Å²) in [5.74, 6) is 0.332. The second kappa shape index (κ2) is 8.85. The van der Waals surface area contributed by atoms with Crippen LogP contribution >= 0.6 is 11.6 Å². The van der Waals surface area contributed by atoms with Crippen molar-refractivity contribution in [1.82, 2.24) is 9.88 Å². The van der Waals surface area contributed by atoms with Crippen LogP contribution in [0.15, 0.2) is 47.0 Å². The molecule has 30 heavy (non-hydrogen) atoms. The van der Waals surface area contributed by atoms with Gasteiger partial charge in [-0.25, -0.2) is 4.98 Å². The lowest BCUT2D eigenvalue weighted by atomic mass is 9.95. The van der Waals surface area contributed by atoms with Crippen molar-refractivity contribution in [3.8, 4) is 0 Å². The summed E-state index contributed by atoms with van der Waals surface area (Å²) < 4.78 is 11.1. The molecule has 4 rings (SSSR count). The number of nitrogens with zero attached hydrogens (tertiary/aromatic N) is 2. The van der Waals surface area contributed by atoms with Crippen molar-refractivity contribution in [1.29, 1.82) is 0 Å². The highest BCUT2D eigenvalue weighted by Crippen LogP contribution is 2.29. The molecule has 1 fully saturated rings. The Kier molecular flexibility index (Phi) is 6.01. The summed E-state index contributed by atoms with van der Waals surface area (Å²) in [5, 5.41) is 4.21. The van der Waals surface area contributed by atoms with Gasteiger partial charge in [0.2, 0.25) is 5.91 Å². The Hall–Kier alpha value is -2.90. The number of nitrogens with one attached hydrogen (secondary N) is 1. The molecule has 3 heterocycles. The first-order chi connectivity index (χ1) is 14.6. The second-order valence-electron chi connectivity index (χ2n) is 7.26. The van der Waals surface area contributed by atoms with Crippen molar-refractivity contribution in [2.75, 3.05) is 25.5 Å². The zero-order valence-corrected chi connectivity index (χ0v) is 17.3. The van der Waals surface area contributed by atoms with Gasteiger partial charge in [0.1, 0.15) is 11.4 Å². The number of amides is 2. The first-order valence-electron chi connectivity index (χ1n) is 9.78. The van der Waals surface area contributed by atoms with Gasteiger partial charge >= 0.3 is 0 Å². The number of para-hydroxylation sites is 1. The molecule has 0 bridgehead atoms. The van der Waals surface area contributed by atoms with Crippen molar-refractivity contribution in [3.05, 3.63) is 58.9 Å². The Bertz CT molecular complexity index is 1060. The fraction of sp³-hybridized carbons (Fsp3) is 0.318. The Labute approximate surface area is 179 Å². The molecule has 0 saturated carbocycles. The van der Waals surface area contributed by atoms with Crippen LogP contribution < -0.4 is 5.32 Å². The number of carbonyl (C=O) groups excluding carboxylic acids is 2. The van der Waals surface area contributed by atoms with Crippen molar-refractivity contribution in [2.24, 2.45) is 5.92 Å². The van der Waals surface area contributed by atoms with E-state index in [4.69, 9.17) is 20.8 Å². The fourth-order valence-corrected chi connectivity index (χ4v) is 3.84. The van der Waals surface area contributed by atoms with Crippen LogP contribution in [0.1, 0.15) is 29.0 Å². The molecule has 3 aromatic rings. The van der Waals surface area contributed by atoms with Crippen LogP contribution in [0.2, 0.25) is 5.02 Å². The number of halogens is 1. The average Bonchev–Trinajstić information content (AvgIpc) is 3.14. The Morgan fingerprint density at radius 3 is 2.70 bits per heavy atom. The van der Waals surface area contributed by atoms with Gasteiger partial charge in [0.15, 0.2) is 5.76 Å². The molecule has 2 amide bonds. The zero-order chi connectivity index (χ0) is 21.1. The topological polar surface area (TPSA) is 84.7 Å². The van der Waals surface area contributed by atoms with Crippen molar-refractivity contribution >= 4 is 40.2 Å². The highest BCUT2D eigenvalue weighted by molar-refractivity contribution is 6.30. The quantitative estimate of drug-likeness (QED) is 0.662. The number of piperidine rings is 1. The van der Waals surface area contributed by atoms with Crippen LogP contribution in [0.5, 0.6) is 0 Å². The lowest BCUT2D eigenvalue weighted by Gasteiger charge is -2.30. The normalized spacial score (nSPS) is 14.8. The van der Waals surface area contributed by atoms with Gasteiger partial charge in [-0.15, -0.1) is 0 Å². The lowest BCUT2D eigenvalue weighted by molar-refractivity contribution is -0.121. The molecule has 0 radical (unpaired) electrons. The number of aromatic nitrogens is 1. The molecule has 2 aromatic heterocycles. The summed E-state index contributed by atoms with van der Waals surface area (Å²) in [7, 11) is 1.59. The van der Waals surface area contributed by atoms with E-state index in [2.05, 4.69) is 10.3 Å². The smallest absolute Gasteiger partial charge is 0.289 e. The molecule has 1 aromatic carbocycles. The fourth-order valence-electron chi connectivity index (χ4n) is 3.73. The van der Waals surface area contributed by atoms with E-state index < -0.39 is 0 Å². The third kappa shape index (κ3) is 4.17. The predicted molar refractivity (Wildman–Crippen MR) is 113 cm³/mol. The summed E-state index contributed by atoms with van der Waals surface area (Å²) >= 11 is 5.82. The van der Waals surface area contributed by atoms with Crippen molar-refractivity contribution < 1.29 is 18.7 Å². The van der Waals surface area contributed by atoms with E-state index in [0.29, 0.717) is 54.7 Å². The average molecular weight is 428 g/mol. The van der Waals surface area contributed by atoms with Crippen molar-refractivity contribution in [3.63, 3.8) is 0 Å². The number of likely N-dealkylation sites (tertiary alicyclic amines) is 1. The molecular formula is C22H22ClN3O4. The zero-order valence-electron chi connectivity index (χ0n) is 16.6. The van der Waals surface area contributed by atoms with Gasteiger partial charge in [-0.3, -0.25) is 9.59 Å². The second-order valence-corrected chi connectivity index (χ2v) is 7.69. The standard InChI is InChI=1S/C22H22ClN3O4/c1-29-13-17-16-4-2-3-5-18(16)30-20(17)22(28)26-10-8-14(9-11-26)21(27)25-19-7-6-15(23)12-24-19/h2-7,12,14H,8-11,13H2,1H3,(H,24,25,27). The van der Waals surface area contributed by atoms with E-state index >= 15 is 0 Å². The van der Waals surface area contributed by atoms with Crippen LogP contribution in [0.25, 0.3) is 11.0 Å². The number of furan rings is 1. The molecular weight excluding hydrogens is 406 g/mol. The van der Waals surface area contributed by atoms with Crippen LogP contribution in [0.4, 0.5) is 5.82 Å². The van der Waals surface area contributed by atoms with Gasteiger partial charge in [-0.05, 0) is 31.0 Å². The molecule has 0 aliphatic carbocycles. The number of pyridine rings is 1. The summed E-state index contributed by atoms with van der Waals surface area (Å²) in [6, 6.07) is 10.9. The van der Waals surface area contributed by atoms with Crippen LogP contribution in [-0.4, -0.2) is 41.9 Å². The van der Waals surface area contributed by atoms with E-state index in [1.807, 2.05) is 24.3 Å². The molecule has 1 N–H and O–H groups in total. The molecule has 0 spiro atoms. The Morgan fingerprint density at radius 2 is 2.00 bits per heavy atom. The Balaban J connectivity index is 1.42.